The first-order valence-corrected chi connectivity index (χ1v) is 14.0. The van der Waals surface area contributed by atoms with E-state index in [1.165, 1.54) is 66.4 Å². The Bertz CT molecular complexity index is 1690. The van der Waals surface area contributed by atoms with Crippen LogP contribution in [0.5, 0.6) is 0 Å². The average Bonchev–Trinajstić information content (AvgIpc) is 3.09. The van der Waals surface area contributed by atoms with E-state index in [1.54, 1.807) is 5.57 Å². The Morgan fingerprint density at radius 1 is 0.865 bits per heavy atom. The monoisotopic (exact) mass is 476 g/mol. The van der Waals surface area contributed by atoms with Gasteiger partial charge in [0.05, 0.1) is 0 Å². The van der Waals surface area contributed by atoms with Gasteiger partial charge in [0, 0.05) is 5.92 Å². The first kappa shape index (κ1) is 21.4. The van der Waals surface area contributed by atoms with E-state index in [0.29, 0.717) is 17.8 Å². The third kappa shape index (κ3) is 3.08. The van der Waals surface area contributed by atoms with E-state index < -0.39 is 0 Å². The molecule has 3 aromatic carbocycles. The Morgan fingerprint density at radius 3 is 2.73 bits per heavy atom. The summed E-state index contributed by atoms with van der Waals surface area (Å²) >= 11 is 0. The number of allylic oxidation sites excluding steroid dienone is 11. The number of rotatable bonds is 0. The molecule has 0 bridgehead atoms. The molecule has 0 N–H and O–H groups in total. The highest BCUT2D eigenvalue weighted by atomic mass is 14.4. The Kier molecular flexibility index (Phi) is 4.59. The van der Waals surface area contributed by atoms with Crippen molar-refractivity contribution in [3.63, 3.8) is 0 Å². The summed E-state index contributed by atoms with van der Waals surface area (Å²) in [6.45, 7) is 4.79. The lowest BCUT2D eigenvalue weighted by atomic mass is 9.73. The molecule has 5 aliphatic carbocycles. The molecule has 0 radical (unpaired) electrons. The molecular formula is C37H32. The van der Waals surface area contributed by atoms with Crippen molar-refractivity contribution in [1.29, 1.82) is 0 Å². The molecule has 0 aromatic heterocycles. The molecule has 0 heterocycles. The summed E-state index contributed by atoms with van der Waals surface area (Å²) in [5.74, 6) is 1.53. The predicted octanol–water partition coefficient (Wildman–Crippen LogP) is 9.97. The van der Waals surface area contributed by atoms with Gasteiger partial charge in [0.2, 0.25) is 0 Å². The normalized spacial score (nSPS) is 25.9. The fourth-order valence-corrected chi connectivity index (χ4v) is 7.79. The molecule has 0 nitrogen and oxygen atoms in total. The van der Waals surface area contributed by atoms with Gasteiger partial charge in [-0.2, -0.15) is 0 Å². The molecule has 5 aliphatic rings. The number of hydrogen-bond acceptors (Lipinski definition) is 0. The average molecular weight is 477 g/mol. The Balaban J connectivity index is 1.38. The lowest BCUT2D eigenvalue weighted by Crippen LogP contribution is -2.19. The molecule has 180 valence electrons. The summed E-state index contributed by atoms with van der Waals surface area (Å²) in [4.78, 5) is 0. The van der Waals surface area contributed by atoms with Crippen LogP contribution in [0.3, 0.4) is 0 Å². The van der Waals surface area contributed by atoms with Crippen molar-refractivity contribution in [1.82, 2.24) is 0 Å². The molecule has 0 saturated heterocycles. The minimum Gasteiger partial charge on any atom is -0.0839 e. The van der Waals surface area contributed by atoms with Crippen LogP contribution in [-0.2, 0) is 6.42 Å². The molecule has 0 amide bonds. The molecule has 0 heteroatoms. The van der Waals surface area contributed by atoms with E-state index >= 15 is 0 Å². The number of fused-ring (bicyclic) bond motifs is 6. The summed E-state index contributed by atoms with van der Waals surface area (Å²) in [5.41, 5.74) is 16.0. The van der Waals surface area contributed by atoms with Gasteiger partial charge in [0.15, 0.2) is 0 Å². The maximum absolute atomic E-state index is 2.56. The zero-order valence-electron chi connectivity index (χ0n) is 21.7. The quantitative estimate of drug-likeness (QED) is 0.237. The van der Waals surface area contributed by atoms with Gasteiger partial charge in [0.1, 0.15) is 0 Å². The Morgan fingerprint density at radius 2 is 1.78 bits per heavy atom. The second kappa shape index (κ2) is 7.93. The van der Waals surface area contributed by atoms with Crippen LogP contribution in [0, 0.1) is 11.8 Å². The molecule has 0 fully saturated rings. The van der Waals surface area contributed by atoms with Gasteiger partial charge in [0.25, 0.3) is 0 Å². The van der Waals surface area contributed by atoms with Crippen LogP contribution in [0.15, 0.2) is 96.2 Å². The van der Waals surface area contributed by atoms with Crippen LogP contribution >= 0.6 is 0 Å². The van der Waals surface area contributed by atoms with Crippen LogP contribution < -0.4 is 0 Å². The molecule has 37 heavy (non-hydrogen) atoms. The first-order valence-electron chi connectivity index (χ1n) is 14.0. The molecule has 3 aromatic rings. The molecule has 3 atom stereocenters. The third-order valence-corrected chi connectivity index (χ3v) is 9.49. The Hall–Kier alpha value is -3.64. The SMILES string of the molecule is C/C1=C\C2=CC=CCC3C=CC=C(CC(C)c4cc5c(cc41)-c1cc4c(c6cccc-5c16)C=CCC4)C23. The summed E-state index contributed by atoms with van der Waals surface area (Å²) in [6, 6.07) is 14.6. The third-order valence-electron chi connectivity index (χ3n) is 9.49. The summed E-state index contributed by atoms with van der Waals surface area (Å²) in [5, 5.41) is 2.87. The van der Waals surface area contributed by atoms with Crippen molar-refractivity contribution in [3.8, 4) is 22.3 Å². The first-order chi connectivity index (χ1) is 18.2. The highest BCUT2D eigenvalue weighted by Gasteiger charge is 2.32. The zero-order chi connectivity index (χ0) is 24.7. The molecule has 3 unspecified atom stereocenters. The van der Waals surface area contributed by atoms with Crippen molar-refractivity contribution < 1.29 is 0 Å². The predicted molar refractivity (Wildman–Crippen MR) is 158 cm³/mol. The Labute approximate surface area is 220 Å². The lowest BCUT2D eigenvalue weighted by Gasteiger charge is -2.30. The van der Waals surface area contributed by atoms with Crippen molar-refractivity contribution in [2.24, 2.45) is 11.8 Å². The van der Waals surface area contributed by atoms with Crippen molar-refractivity contribution in [2.75, 3.05) is 0 Å². The van der Waals surface area contributed by atoms with Crippen molar-refractivity contribution >= 4 is 22.4 Å². The van der Waals surface area contributed by atoms with Gasteiger partial charge in [-0.3, -0.25) is 0 Å². The van der Waals surface area contributed by atoms with Crippen LogP contribution in [-0.4, -0.2) is 0 Å². The van der Waals surface area contributed by atoms with Crippen molar-refractivity contribution in [2.45, 2.75) is 45.4 Å². The molecule has 8 rings (SSSR count). The molecule has 0 saturated carbocycles. The largest absolute Gasteiger partial charge is 0.0839 e. The zero-order valence-corrected chi connectivity index (χ0v) is 21.7. The number of benzene rings is 3. The van der Waals surface area contributed by atoms with Gasteiger partial charge >= 0.3 is 0 Å². The van der Waals surface area contributed by atoms with E-state index in [0.717, 1.165) is 25.7 Å². The summed E-state index contributed by atoms with van der Waals surface area (Å²) in [6.07, 6.45) is 25.9. The standard InChI is InChI=1S/C37H32/c1-22-17-26-11-4-3-9-24-12-7-13-27(36(24)26)18-23(2)31-20-33-30-16-8-15-29-28-14-6-5-10-25(28)19-35(37(29)30)34(33)21-32(22)31/h3-4,6-8,11-17,19-21,23-24,36H,5,9-10,18H2,1-2H3/b22-17+. The lowest BCUT2D eigenvalue weighted by molar-refractivity contribution is 0.496. The van der Waals surface area contributed by atoms with Gasteiger partial charge in [-0.25, -0.2) is 0 Å². The minimum atomic E-state index is 0.469. The second-order valence-electron chi connectivity index (χ2n) is 11.7. The molecule has 0 spiro atoms. The highest BCUT2D eigenvalue weighted by Crippen LogP contribution is 2.53. The van der Waals surface area contributed by atoms with E-state index in [9.17, 15) is 0 Å². The van der Waals surface area contributed by atoms with Crippen molar-refractivity contribution in [3.05, 3.63) is 118 Å². The topological polar surface area (TPSA) is 0 Å². The fourth-order valence-electron chi connectivity index (χ4n) is 7.79. The van der Waals surface area contributed by atoms with Crippen LogP contribution in [0.1, 0.15) is 61.3 Å². The van der Waals surface area contributed by atoms with Gasteiger partial charge < -0.3 is 0 Å². The number of hydrogen-bond donors (Lipinski definition) is 0. The minimum absolute atomic E-state index is 0.469. The maximum Gasteiger partial charge on any atom is 0.0117 e. The summed E-state index contributed by atoms with van der Waals surface area (Å²) < 4.78 is 0. The highest BCUT2D eigenvalue weighted by molar-refractivity contribution is 6.18. The number of aryl methyl sites for hydroxylation is 1. The van der Waals surface area contributed by atoms with E-state index in [2.05, 4.69) is 105 Å². The summed E-state index contributed by atoms with van der Waals surface area (Å²) in [7, 11) is 0. The van der Waals surface area contributed by atoms with Gasteiger partial charge in [-0.05, 0) is 129 Å². The van der Waals surface area contributed by atoms with Crippen LogP contribution in [0.4, 0.5) is 0 Å². The van der Waals surface area contributed by atoms with E-state index in [-0.39, 0.29) is 0 Å². The van der Waals surface area contributed by atoms with Gasteiger partial charge in [-0.1, -0.05) is 85.4 Å². The maximum atomic E-state index is 2.56. The van der Waals surface area contributed by atoms with Gasteiger partial charge in [-0.15, -0.1) is 0 Å². The van der Waals surface area contributed by atoms with E-state index in [1.807, 2.05) is 0 Å². The van der Waals surface area contributed by atoms with Crippen LogP contribution in [0.2, 0.25) is 0 Å². The smallest absolute Gasteiger partial charge is 0.0117 e. The van der Waals surface area contributed by atoms with Crippen LogP contribution in [0.25, 0.3) is 44.7 Å². The molecule has 0 aliphatic heterocycles. The fraction of sp³-hybridized carbons (Fsp3) is 0.243. The van der Waals surface area contributed by atoms with E-state index in [4.69, 9.17) is 0 Å². The molecular weight excluding hydrogens is 444 g/mol. The second-order valence-corrected chi connectivity index (χ2v) is 11.7.